The van der Waals surface area contributed by atoms with Gasteiger partial charge in [0.2, 0.25) is 0 Å². The Balaban J connectivity index is 2.84. The summed E-state index contributed by atoms with van der Waals surface area (Å²) in [7, 11) is 1.92. The molecule has 1 aliphatic heterocycles. The molecular formula is C10H20N4S. The highest BCUT2D eigenvalue weighted by atomic mass is 32.1. The summed E-state index contributed by atoms with van der Waals surface area (Å²) in [6, 6.07) is 0. The van der Waals surface area contributed by atoms with E-state index < -0.39 is 0 Å². The number of thiocarbonyl (C=S) groups is 1. The first kappa shape index (κ1) is 12.6. The fraction of sp³-hybridized carbons (Fsp3) is 0.700. The van der Waals surface area contributed by atoms with Crippen molar-refractivity contribution < 1.29 is 0 Å². The van der Waals surface area contributed by atoms with Crippen molar-refractivity contribution in [2.45, 2.75) is 19.5 Å². The van der Waals surface area contributed by atoms with E-state index in [0.717, 1.165) is 30.1 Å². The molecule has 15 heavy (non-hydrogen) atoms. The van der Waals surface area contributed by atoms with Gasteiger partial charge in [0.25, 0.3) is 0 Å². The minimum absolute atomic E-state index is 0.0639. The van der Waals surface area contributed by atoms with Crippen molar-refractivity contribution in [2.75, 3.05) is 26.7 Å². The SMILES string of the molecule is CC(N)N(C)C(=S)C1=C(CN)CCNC1. The number of hydrogen-bond donors (Lipinski definition) is 3. The Kier molecular flexibility index (Phi) is 4.66. The average molecular weight is 228 g/mol. The zero-order valence-corrected chi connectivity index (χ0v) is 10.2. The Bertz CT molecular complexity index is 273. The van der Waals surface area contributed by atoms with Crippen LogP contribution in [0.2, 0.25) is 0 Å². The Morgan fingerprint density at radius 2 is 2.33 bits per heavy atom. The summed E-state index contributed by atoms with van der Waals surface area (Å²) in [5, 5.41) is 3.31. The molecule has 1 atom stereocenters. The highest BCUT2D eigenvalue weighted by Gasteiger charge is 2.18. The predicted molar refractivity (Wildman–Crippen MR) is 67.6 cm³/mol. The minimum atomic E-state index is -0.0639. The first-order valence-electron chi connectivity index (χ1n) is 5.22. The molecule has 86 valence electrons. The van der Waals surface area contributed by atoms with Crippen LogP contribution in [0.4, 0.5) is 0 Å². The zero-order chi connectivity index (χ0) is 11.4. The molecule has 1 aliphatic rings. The summed E-state index contributed by atoms with van der Waals surface area (Å²) in [5.41, 5.74) is 13.9. The van der Waals surface area contributed by atoms with Gasteiger partial charge in [0.1, 0.15) is 4.99 Å². The Morgan fingerprint density at radius 1 is 1.67 bits per heavy atom. The molecule has 0 amide bonds. The largest absolute Gasteiger partial charge is 0.351 e. The monoisotopic (exact) mass is 228 g/mol. The lowest BCUT2D eigenvalue weighted by Crippen LogP contribution is -2.43. The van der Waals surface area contributed by atoms with Crippen LogP contribution >= 0.6 is 12.2 Å². The molecule has 0 aromatic carbocycles. The van der Waals surface area contributed by atoms with Gasteiger partial charge >= 0.3 is 0 Å². The summed E-state index contributed by atoms with van der Waals surface area (Å²) in [5.74, 6) is 0. The van der Waals surface area contributed by atoms with Crippen LogP contribution < -0.4 is 16.8 Å². The lowest BCUT2D eigenvalue weighted by Gasteiger charge is -2.29. The van der Waals surface area contributed by atoms with Crippen molar-refractivity contribution >= 4 is 17.2 Å². The number of likely N-dealkylation sites (N-methyl/N-ethyl adjacent to an activating group) is 1. The molecule has 1 unspecified atom stereocenters. The van der Waals surface area contributed by atoms with E-state index in [1.807, 2.05) is 18.9 Å². The van der Waals surface area contributed by atoms with Gasteiger partial charge in [-0.25, -0.2) is 0 Å². The lowest BCUT2D eigenvalue weighted by molar-refractivity contribution is 0.405. The fourth-order valence-corrected chi connectivity index (χ4v) is 1.96. The van der Waals surface area contributed by atoms with Crippen molar-refractivity contribution in [1.82, 2.24) is 10.2 Å². The van der Waals surface area contributed by atoms with Gasteiger partial charge < -0.3 is 21.7 Å². The van der Waals surface area contributed by atoms with E-state index in [1.54, 1.807) is 0 Å². The molecular weight excluding hydrogens is 208 g/mol. The van der Waals surface area contributed by atoms with E-state index in [9.17, 15) is 0 Å². The van der Waals surface area contributed by atoms with Crippen molar-refractivity contribution in [3.8, 4) is 0 Å². The normalized spacial score (nSPS) is 18.9. The number of nitrogens with two attached hydrogens (primary N) is 2. The Hall–Kier alpha value is -0.490. The summed E-state index contributed by atoms with van der Waals surface area (Å²) in [6.45, 7) is 4.30. The standard InChI is InChI=1S/C10H20N4S/c1-7(12)14(2)10(15)9-6-13-4-3-8(9)5-11/h7,13H,3-6,11-12H2,1-2H3. The number of nitrogens with one attached hydrogen (secondary N) is 1. The summed E-state index contributed by atoms with van der Waals surface area (Å²) >= 11 is 5.41. The number of nitrogens with zero attached hydrogens (tertiary/aromatic N) is 1. The molecule has 0 bridgehead atoms. The maximum absolute atomic E-state index is 5.79. The van der Waals surface area contributed by atoms with Gasteiger partial charge in [0.05, 0.1) is 6.17 Å². The van der Waals surface area contributed by atoms with Crippen molar-refractivity contribution in [2.24, 2.45) is 11.5 Å². The van der Waals surface area contributed by atoms with Crippen LogP contribution in [0.1, 0.15) is 13.3 Å². The molecule has 0 saturated heterocycles. The Morgan fingerprint density at radius 3 is 2.87 bits per heavy atom. The van der Waals surface area contributed by atoms with E-state index in [-0.39, 0.29) is 6.17 Å². The van der Waals surface area contributed by atoms with Gasteiger partial charge in [-0.3, -0.25) is 0 Å². The zero-order valence-electron chi connectivity index (χ0n) is 9.42. The first-order chi connectivity index (χ1) is 7.07. The van der Waals surface area contributed by atoms with E-state index in [1.165, 1.54) is 5.57 Å². The van der Waals surface area contributed by atoms with Crippen LogP contribution in [0.5, 0.6) is 0 Å². The second-order valence-electron chi connectivity index (χ2n) is 3.87. The third kappa shape index (κ3) is 2.98. The van der Waals surface area contributed by atoms with E-state index in [4.69, 9.17) is 23.7 Å². The van der Waals surface area contributed by atoms with Gasteiger partial charge in [0, 0.05) is 25.7 Å². The highest BCUT2D eigenvalue weighted by Crippen LogP contribution is 2.15. The molecule has 0 radical (unpaired) electrons. The van der Waals surface area contributed by atoms with E-state index in [2.05, 4.69) is 5.32 Å². The summed E-state index contributed by atoms with van der Waals surface area (Å²) in [4.78, 5) is 2.73. The van der Waals surface area contributed by atoms with Crippen LogP contribution in [0, 0.1) is 0 Å². The van der Waals surface area contributed by atoms with Crippen LogP contribution in [-0.4, -0.2) is 42.7 Å². The van der Waals surface area contributed by atoms with Gasteiger partial charge in [-0.2, -0.15) is 0 Å². The van der Waals surface area contributed by atoms with Gasteiger partial charge in [-0.15, -0.1) is 0 Å². The summed E-state index contributed by atoms with van der Waals surface area (Å²) < 4.78 is 0. The van der Waals surface area contributed by atoms with Gasteiger partial charge in [-0.05, 0) is 25.5 Å². The molecule has 5 heteroatoms. The second kappa shape index (κ2) is 5.55. The van der Waals surface area contributed by atoms with Crippen molar-refractivity contribution in [1.29, 1.82) is 0 Å². The third-order valence-corrected chi connectivity index (χ3v) is 3.30. The fourth-order valence-electron chi connectivity index (χ4n) is 1.58. The van der Waals surface area contributed by atoms with Crippen LogP contribution in [0.15, 0.2) is 11.1 Å². The average Bonchev–Trinajstić information content (AvgIpc) is 2.26. The highest BCUT2D eigenvalue weighted by molar-refractivity contribution is 7.80. The van der Waals surface area contributed by atoms with Gasteiger partial charge in [0.15, 0.2) is 0 Å². The molecule has 0 fully saturated rings. The van der Waals surface area contributed by atoms with E-state index in [0.29, 0.717) is 6.54 Å². The maximum atomic E-state index is 5.79. The quantitative estimate of drug-likeness (QED) is 0.461. The lowest BCUT2D eigenvalue weighted by atomic mass is 10.0. The molecule has 0 aromatic heterocycles. The van der Waals surface area contributed by atoms with Gasteiger partial charge in [-0.1, -0.05) is 12.2 Å². The van der Waals surface area contributed by atoms with Crippen molar-refractivity contribution in [3.05, 3.63) is 11.1 Å². The van der Waals surface area contributed by atoms with Crippen LogP contribution in [-0.2, 0) is 0 Å². The molecule has 0 saturated carbocycles. The minimum Gasteiger partial charge on any atom is -0.351 e. The molecule has 4 nitrogen and oxygen atoms in total. The topological polar surface area (TPSA) is 67.3 Å². The summed E-state index contributed by atoms with van der Waals surface area (Å²) in [6.07, 6.45) is 0.921. The molecule has 0 aromatic rings. The first-order valence-corrected chi connectivity index (χ1v) is 5.63. The van der Waals surface area contributed by atoms with E-state index >= 15 is 0 Å². The van der Waals surface area contributed by atoms with Crippen LogP contribution in [0.25, 0.3) is 0 Å². The molecule has 1 heterocycles. The molecule has 1 rings (SSSR count). The molecule has 0 spiro atoms. The molecule has 0 aliphatic carbocycles. The van der Waals surface area contributed by atoms with Crippen molar-refractivity contribution in [3.63, 3.8) is 0 Å². The van der Waals surface area contributed by atoms with Crippen LogP contribution in [0.3, 0.4) is 0 Å². The second-order valence-corrected chi connectivity index (χ2v) is 4.26. The number of rotatable bonds is 3. The predicted octanol–water partition coefficient (Wildman–Crippen LogP) is -0.201. The Labute approximate surface area is 96.7 Å². The number of hydrogen-bond acceptors (Lipinski definition) is 4. The smallest absolute Gasteiger partial charge is 0.107 e. The maximum Gasteiger partial charge on any atom is 0.107 e. The molecule has 5 N–H and O–H groups in total. The third-order valence-electron chi connectivity index (χ3n) is 2.77.